The predicted molar refractivity (Wildman–Crippen MR) is 66.1 cm³/mol. The van der Waals surface area contributed by atoms with E-state index in [0.29, 0.717) is 5.41 Å². The Hall–Kier alpha value is -1.65. The van der Waals surface area contributed by atoms with E-state index in [1.807, 2.05) is 6.92 Å². The lowest BCUT2D eigenvalue weighted by molar-refractivity contribution is -0.385. The molecule has 0 saturated heterocycles. The molecular formula is C12H17N3O2. The maximum Gasteiger partial charge on any atom is 0.287 e. The first-order valence-corrected chi connectivity index (χ1v) is 5.85. The largest absolute Gasteiger partial charge is 0.369 e. The highest BCUT2D eigenvalue weighted by atomic mass is 16.6. The summed E-state index contributed by atoms with van der Waals surface area (Å²) >= 11 is 0. The van der Waals surface area contributed by atoms with E-state index >= 15 is 0 Å². The summed E-state index contributed by atoms with van der Waals surface area (Å²) in [7, 11) is 0. The standard InChI is InChI=1S/C12H17N3O2/c1-9-6-10(15(16)17)7-13-11(9)14-8-12(2)4-3-5-12/h6-7H,3-5,8H2,1-2H3,(H,13,14). The van der Waals surface area contributed by atoms with Crippen molar-refractivity contribution in [2.45, 2.75) is 33.1 Å². The number of aryl methyl sites for hydroxylation is 1. The second-order valence-corrected chi connectivity index (χ2v) is 5.13. The number of pyridine rings is 1. The minimum Gasteiger partial charge on any atom is -0.369 e. The van der Waals surface area contributed by atoms with E-state index in [1.54, 1.807) is 6.07 Å². The van der Waals surface area contributed by atoms with Crippen LogP contribution in [0, 0.1) is 22.5 Å². The third-order valence-electron chi connectivity index (χ3n) is 3.52. The van der Waals surface area contributed by atoms with Gasteiger partial charge in [0, 0.05) is 12.6 Å². The maximum absolute atomic E-state index is 10.6. The summed E-state index contributed by atoms with van der Waals surface area (Å²) in [5.41, 5.74) is 1.24. The van der Waals surface area contributed by atoms with Crippen molar-refractivity contribution in [2.24, 2.45) is 5.41 Å². The molecular weight excluding hydrogens is 218 g/mol. The zero-order valence-corrected chi connectivity index (χ0v) is 10.2. The van der Waals surface area contributed by atoms with Crippen molar-refractivity contribution >= 4 is 11.5 Å². The maximum atomic E-state index is 10.6. The lowest BCUT2D eigenvalue weighted by Crippen LogP contribution is -2.33. The average Bonchev–Trinajstić information content (AvgIpc) is 2.24. The molecule has 5 nitrogen and oxygen atoms in total. The molecule has 1 saturated carbocycles. The lowest BCUT2D eigenvalue weighted by Gasteiger charge is -2.38. The molecule has 0 radical (unpaired) electrons. The molecule has 1 aromatic rings. The summed E-state index contributed by atoms with van der Waals surface area (Å²) in [6.07, 6.45) is 5.08. The van der Waals surface area contributed by atoms with Crippen LogP contribution in [0.4, 0.5) is 11.5 Å². The Morgan fingerprint density at radius 3 is 2.76 bits per heavy atom. The summed E-state index contributed by atoms with van der Waals surface area (Å²) in [4.78, 5) is 14.3. The molecule has 0 amide bonds. The van der Waals surface area contributed by atoms with E-state index in [4.69, 9.17) is 0 Å². The summed E-state index contributed by atoms with van der Waals surface area (Å²) in [5, 5.41) is 13.9. The van der Waals surface area contributed by atoms with Gasteiger partial charge in [0.25, 0.3) is 5.69 Å². The van der Waals surface area contributed by atoms with Gasteiger partial charge in [0.05, 0.1) is 4.92 Å². The fraction of sp³-hybridized carbons (Fsp3) is 0.583. The van der Waals surface area contributed by atoms with Gasteiger partial charge in [-0.05, 0) is 30.7 Å². The van der Waals surface area contributed by atoms with Crippen LogP contribution in [0.3, 0.4) is 0 Å². The van der Waals surface area contributed by atoms with Crippen LogP contribution in [0.5, 0.6) is 0 Å². The number of anilines is 1. The number of rotatable bonds is 4. The number of aromatic nitrogens is 1. The Morgan fingerprint density at radius 2 is 2.29 bits per heavy atom. The highest BCUT2D eigenvalue weighted by Crippen LogP contribution is 2.40. The Balaban J connectivity index is 2.03. The molecule has 1 aliphatic rings. The topological polar surface area (TPSA) is 68.1 Å². The fourth-order valence-electron chi connectivity index (χ4n) is 2.10. The highest BCUT2D eigenvalue weighted by molar-refractivity contribution is 5.48. The SMILES string of the molecule is Cc1cc([N+](=O)[O-])cnc1NCC1(C)CCC1. The Morgan fingerprint density at radius 1 is 1.59 bits per heavy atom. The lowest BCUT2D eigenvalue weighted by atomic mass is 9.70. The van der Waals surface area contributed by atoms with Crippen molar-refractivity contribution in [3.05, 3.63) is 27.9 Å². The molecule has 0 aromatic carbocycles. The second kappa shape index (κ2) is 4.31. The Kier molecular flexibility index (Phi) is 3.00. The van der Waals surface area contributed by atoms with Crippen LogP contribution in [0.1, 0.15) is 31.7 Å². The molecule has 1 aromatic heterocycles. The molecule has 0 unspecified atom stereocenters. The van der Waals surface area contributed by atoms with Crippen molar-refractivity contribution in [2.75, 3.05) is 11.9 Å². The molecule has 1 aliphatic carbocycles. The number of nitrogens with zero attached hydrogens (tertiary/aromatic N) is 2. The molecule has 2 rings (SSSR count). The first-order chi connectivity index (χ1) is 8.00. The van der Waals surface area contributed by atoms with Crippen LogP contribution in [0.25, 0.3) is 0 Å². The van der Waals surface area contributed by atoms with Gasteiger partial charge >= 0.3 is 0 Å². The third kappa shape index (κ3) is 2.54. The minimum atomic E-state index is -0.420. The van der Waals surface area contributed by atoms with Gasteiger partial charge in [0.1, 0.15) is 12.0 Å². The number of nitro groups is 1. The predicted octanol–water partition coefficient (Wildman–Crippen LogP) is 2.90. The highest BCUT2D eigenvalue weighted by Gasteiger charge is 2.31. The van der Waals surface area contributed by atoms with Crippen molar-refractivity contribution in [1.29, 1.82) is 0 Å². The Labute approximate surface area is 100 Å². The van der Waals surface area contributed by atoms with Gasteiger partial charge in [-0.15, -0.1) is 0 Å². The third-order valence-corrected chi connectivity index (χ3v) is 3.52. The first-order valence-electron chi connectivity index (χ1n) is 5.85. The van der Waals surface area contributed by atoms with Crippen molar-refractivity contribution < 1.29 is 4.92 Å². The Bertz CT molecular complexity index is 441. The van der Waals surface area contributed by atoms with Gasteiger partial charge in [-0.3, -0.25) is 10.1 Å². The summed E-state index contributed by atoms with van der Waals surface area (Å²) in [6, 6.07) is 1.55. The van der Waals surface area contributed by atoms with Gasteiger partial charge < -0.3 is 5.32 Å². The first kappa shape index (κ1) is 11.8. The van der Waals surface area contributed by atoms with E-state index < -0.39 is 4.92 Å². The van der Waals surface area contributed by atoms with Gasteiger partial charge in [0.2, 0.25) is 0 Å². The van der Waals surface area contributed by atoms with Crippen LogP contribution in [0.15, 0.2) is 12.3 Å². The normalized spacial score (nSPS) is 17.3. The summed E-state index contributed by atoms with van der Waals surface area (Å²) in [6.45, 7) is 4.98. The smallest absolute Gasteiger partial charge is 0.287 e. The molecule has 0 atom stereocenters. The quantitative estimate of drug-likeness (QED) is 0.643. The van der Waals surface area contributed by atoms with Gasteiger partial charge in [-0.25, -0.2) is 4.98 Å². The summed E-state index contributed by atoms with van der Waals surface area (Å²) in [5.74, 6) is 0.753. The molecule has 0 spiro atoms. The van der Waals surface area contributed by atoms with Gasteiger partial charge in [-0.1, -0.05) is 13.3 Å². The molecule has 92 valence electrons. The number of hydrogen-bond acceptors (Lipinski definition) is 4. The van der Waals surface area contributed by atoms with E-state index in [9.17, 15) is 10.1 Å². The van der Waals surface area contributed by atoms with Crippen molar-refractivity contribution in [3.63, 3.8) is 0 Å². The van der Waals surface area contributed by atoms with Gasteiger partial charge in [0.15, 0.2) is 0 Å². The zero-order valence-electron chi connectivity index (χ0n) is 10.2. The van der Waals surface area contributed by atoms with Crippen molar-refractivity contribution in [1.82, 2.24) is 4.98 Å². The molecule has 1 heterocycles. The van der Waals surface area contributed by atoms with E-state index in [1.165, 1.54) is 25.5 Å². The minimum absolute atomic E-state index is 0.0444. The van der Waals surface area contributed by atoms with Crippen LogP contribution < -0.4 is 5.32 Å². The monoisotopic (exact) mass is 235 g/mol. The van der Waals surface area contributed by atoms with Gasteiger partial charge in [-0.2, -0.15) is 0 Å². The van der Waals surface area contributed by atoms with Crippen LogP contribution in [-0.4, -0.2) is 16.5 Å². The van der Waals surface area contributed by atoms with Crippen LogP contribution in [-0.2, 0) is 0 Å². The molecule has 17 heavy (non-hydrogen) atoms. The van der Waals surface area contributed by atoms with Crippen LogP contribution in [0.2, 0.25) is 0 Å². The van der Waals surface area contributed by atoms with E-state index in [-0.39, 0.29) is 5.69 Å². The molecule has 1 N–H and O–H groups in total. The fourth-order valence-corrected chi connectivity index (χ4v) is 2.10. The second-order valence-electron chi connectivity index (χ2n) is 5.13. The van der Waals surface area contributed by atoms with E-state index in [0.717, 1.165) is 17.9 Å². The van der Waals surface area contributed by atoms with Crippen molar-refractivity contribution in [3.8, 4) is 0 Å². The zero-order chi connectivity index (χ0) is 12.5. The van der Waals surface area contributed by atoms with E-state index in [2.05, 4.69) is 17.2 Å². The van der Waals surface area contributed by atoms with Crippen LogP contribution >= 0.6 is 0 Å². The molecule has 5 heteroatoms. The number of nitrogens with one attached hydrogen (secondary N) is 1. The summed E-state index contributed by atoms with van der Waals surface area (Å²) < 4.78 is 0. The molecule has 1 fully saturated rings. The average molecular weight is 235 g/mol. The number of hydrogen-bond donors (Lipinski definition) is 1. The molecule has 0 aliphatic heterocycles. The molecule has 0 bridgehead atoms.